The van der Waals surface area contributed by atoms with E-state index in [4.69, 9.17) is 0 Å². The number of para-hydroxylation sites is 1. The zero-order valence-corrected chi connectivity index (χ0v) is 51.4. The number of benzene rings is 8. The SMILES string of the molecule is CC(C)(C)c1ccc(N2c3cc(N4c5ccccc5C5(C)CCCCC45C)cc4c3B3c5c2ccc2c5C(C)(c5ccccc5-2)c2c3c(cc3c2C(C)(C)CCC3(C)C)N4c2ccc3c(c2)C(C)(C)CCC3(C)C)c(-c2ccccc2)c1. The summed E-state index contributed by atoms with van der Waals surface area (Å²) in [6.45, 7) is 35.3. The van der Waals surface area contributed by atoms with Gasteiger partial charge in [-0.2, -0.15) is 0 Å². The van der Waals surface area contributed by atoms with Gasteiger partial charge in [0.25, 0.3) is 6.71 Å². The second kappa shape index (κ2) is 16.1. The lowest BCUT2D eigenvalue weighted by molar-refractivity contribution is 0.195. The molecule has 0 spiro atoms. The Labute approximate surface area is 490 Å². The fraction of sp³-hybridized carbons (Fsp3) is 0.385. The van der Waals surface area contributed by atoms with Crippen LogP contribution in [0.2, 0.25) is 0 Å². The molecule has 3 nitrogen and oxygen atoms in total. The minimum Gasteiger partial charge on any atom is -0.334 e. The van der Waals surface area contributed by atoms with Gasteiger partial charge in [-0.25, -0.2) is 0 Å². The van der Waals surface area contributed by atoms with Gasteiger partial charge in [0.2, 0.25) is 0 Å². The van der Waals surface area contributed by atoms with Crippen molar-refractivity contribution in [1.82, 2.24) is 0 Å². The van der Waals surface area contributed by atoms with Gasteiger partial charge in [-0.05, 0) is 217 Å². The highest BCUT2D eigenvalue weighted by atomic mass is 15.3. The molecule has 8 aromatic rings. The fourth-order valence-electron chi connectivity index (χ4n) is 18.7. The molecular weight excluding hydrogens is 990 g/mol. The average Bonchev–Trinajstić information content (AvgIpc) is 1.22. The third kappa shape index (κ3) is 6.30. The van der Waals surface area contributed by atoms with E-state index in [1.54, 1.807) is 11.1 Å². The Bertz CT molecular complexity index is 4130. The van der Waals surface area contributed by atoms with Crippen molar-refractivity contribution in [2.45, 2.75) is 192 Å². The normalized spacial score (nSPS) is 24.5. The number of hydrogen-bond donors (Lipinski definition) is 0. The maximum absolute atomic E-state index is 2.86. The van der Waals surface area contributed by atoms with Crippen molar-refractivity contribution < 1.29 is 0 Å². The van der Waals surface area contributed by atoms with Crippen LogP contribution in [0.1, 0.15) is 198 Å². The molecule has 3 atom stereocenters. The topological polar surface area (TPSA) is 9.72 Å². The van der Waals surface area contributed by atoms with E-state index in [0.717, 1.165) is 19.3 Å². The smallest absolute Gasteiger partial charge is 0.253 e. The highest BCUT2D eigenvalue weighted by molar-refractivity contribution is 7.01. The first-order valence-electron chi connectivity index (χ1n) is 31.4. The second-order valence-corrected chi connectivity index (χ2v) is 31.0. The van der Waals surface area contributed by atoms with Gasteiger partial charge in [0.1, 0.15) is 0 Å². The molecule has 3 unspecified atom stereocenters. The minimum absolute atomic E-state index is 0.00144. The summed E-state index contributed by atoms with van der Waals surface area (Å²) in [6.07, 6.45) is 9.46. The summed E-state index contributed by atoms with van der Waals surface area (Å²) in [4.78, 5) is 8.50. The fourth-order valence-corrected chi connectivity index (χ4v) is 18.7. The summed E-state index contributed by atoms with van der Waals surface area (Å²) >= 11 is 0. The van der Waals surface area contributed by atoms with Crippen molar-refractivity contribution in [2.75, 3.05) is 14.7 Å². The Morgan fingerprint density at radius 3 is 1.73 bits per heavy atom. The molecule has 1 fully saturated rings. The number of fused-ring (bicyclic) bond motifs is 10. The molecule has 0 saturated heterocycles. The summed E-state index contributed by atoms with van der Waals surface area (Å²) in [7, 11) is 0. The van der Waals surface area contributed by atoms with E-state index in [9.17, 15) is 0 Å². The third-order valence-electron chi connectivity index (χ3n) is 23.6. The summed E-state index contributed by atoms with van der Waals surface area (Å²) in [5.41, 5.74) is 33.2. The van der Waals surface area contributed by atoms with E-state index in [1.807, 2.05) is 0 Å². The number of rotatable bonds is 4. The van der Waals surface area contributed by atoms with Crippen LogP contribution in [0.25, 0.3) is 22.3 Å². The largest absolute Gasteiger partial charge is 0.334 e. The molecule has 0 N–H and O–H groups in total. The third-order valence-corrected chi connectivity index (χ3v) is 23.6. The molecule has 82 heavy (non-hydrogen) atoms. The Morgan fingerprint density at radius 2 is 0.988 bits per heavy atom. The van der Waals surface area contributed by atoms with Crippen LogP contribution in [-0.4, -0.2) is 12.3 Å². The Hall–Kier alpha value is -6.78. The van der Waals surface area contributed by atoms with Crippen LogP contribution in [0.15, 0.2) is 146 Å². The van der Waals surface area contributed by atoms with Crippen LogP contribution in [-0.2, 0) is 37.9 Å². The van der Waals surface area contributed by atoms with Crippen molar-refractivity contribution >= 4 is 68.6 Å². The molecule has 4 aliphatic carbocycles. The monoisotopic (exact) mass is 1070 g/mol. The average molecular weight is 1070 g/mol. The molecule has 0 bridgehead atoms. The predicted molar refractivity (Wildman–Crippen MR) is 349 cm³/mol. The molecule has 0 aromatic heterocycles. The highest BCUT2D eigenvalue weighted by Crippen LogP contribution is 2.65. The van der Waals surface area contributed by atoms with Crippen LogP contribution in [0.4, 0.5) is 45.5 Å². The second-order valence-electron chi connectivity index (χ2n) is 31.0. The summed E-state index contributed by atoms with van der Waals surface area (Å²) < 4.78 is 0. The molecular formula is C78H82BN3. The van der Waals surface area contributed by atoms with Crippen molar-refractivity contribution in [3.63, 3.8) is 0 Å². The van der Waals surface area contributed by atoms with Crippen LogP contribution >= 0.6 is 0 Å². The van der Waals surface area contributed by atoms with Crippen LogP contribution in [0, 0.1) is 0 Å². The highest BCUT2D eigenvalue weighted by Gasteiger charge is 2.61. The summed E-state index contributed by atoms with van der Waals surface area (Å²) in [6, 6.07) is 58.9. The lowest BCUT2D eigenvalue weighted by Crippen LogP contribution is -2.68. The van der Waals surface area contributed by atoms with E-state index in [1.165, 1.54) is 155 Å². The minimum atomic E-state index is -0.417. The molecule has 8 aromatic carbocycles. The van der Waals surface area contributed by atoms with Gasteiger partial charge in [-0.1, -0.05) is 187 Å². The predicted octanol–water partition coefficient (Wildman–Crippen LogP) is 18.8. The van der Waals surface area contributed by atoms with E-state index in [-0.39, 0.29) is 44.7 Å². The van der Waals surface area contributed by atoms with Gasteiger partial charge < -0.3 is 14.7 Å². The summed E-state index contributed by atoms with van der Waals surface area (Å²) in [5.74, 6) is 0. The molecule has 8 aliphatic rings. The van der Waals surface area contributed by atoms with Crippen LogP contribution < -0.4 is 31.1 Å². The number of nitrogens with zero attached hydrogens (tertiary/aromatic N) is 3. The zero-order chi connectivity index (χ0) is 56.8. The van der Waals surface area contributed by atoms with E-state index >= 15 is 0 Å². The van der Waals surface area contributed by atoms with E-state index in [0.29, 0.717) is 0 Å². The van der Waals surface area contributed by atoms with Gasteiger partial charge in [-0.3, -0.25) is 0 Å². The van der Waals surface area contributed by atoms with Crippen LogP contribution in [0.3, 0.4) is 0 Å². The molecule has 412 valence electrons. The summed E-state index contributed by atoms with van der Waals surface area (Å²) in [5, 5.41) is 0. The van der Waals surface area contributed by atoms with Gasteiger partial charge in [-0.15, -0.1) is 0 Å². The Kier molecular flexibility index (Phi) is 10.00. The van der Waals surface area contributed by atoms with Crippen LogP contribution in [0.5, 0.6) is 0 Å². The molecule has 4 heteroatoms. The molecule has 4 heterocycles. The van der Waals surface area contributed by atoms with Gasteiger partial charge >= 0.3 is 0 Å². The zero-order valence-electron chi connectivity index (χ0n) is 51.4. The Morgan fingerprint density at radius 1 is 0.378 bits per heavy atom. The lowest BCUT2D eigenvalue weighted by Gasteiger charge is -2.55. The lowest BCUT2D eigenvalue weighted by atomic mass is 9.28. The molecule has 0 amide bonds. The Balaban J connectivity index is 1.11. The number of anilines is 8. The molecule has 4 aliphatic heterocycles. The maximum atomic E-state index is 2.86. The molecule has 1 saturated carbocycles. The quantitative estimate of drug-likeness (QED) is 0.163. The van der Waals surface area contributed by atoms with Crippen molar-refractivity contribution in [2.24, 2.45) is 0 Å². The van der Waals surface area contributed by atoms with E-state index in [2.05, 4.69) is 257 Å². The van der Waals surface area contributed by atoms with E-state index < -0.39 is 5.41 Å². The number of hydrogen-bond acceptors (Lipinski definition) is 3. The first-order valence-corrected chi connectivity index (χ1v) is 31.4. The van der Waals surface area contributed by atoms with Crippen molar-refractivity contribution in [3.8, 4) is 22.3 Å². The van der Waals surface area contributed by atoms with Gasteiger partial charge in [0.15, 0.2) is 0 Å². The standard InChI is InChI=1S/C78H82BN3/c1-71(2,3)48-30-34-59(53(42-48)47-24-16-15-17-25-47)81-61-35-32-52-51-26-18-19-27-54(51)78(14)65(52)69(61)79-68-62(44-50(45-63(68)81)82-60-29-21-20-28-56(60)76(12)36-22-23-37-77(76,82)13)80(49-31-33-55-57(43-49)73(6,7)39-38-72(55,4)5)64-46-58-66(67(78)70(64)79)75(10,11)41-40-74(58,8)9/h15-21,24-35,42-46H,22-23,36-41H2,1-14H3. The van der Waals surface area contributed by atoms with Crippen molar-refractivity contribution in [3.05, 3.63) is 196 Å². The van der Waals surface area contributed by atoms with Crippen molar-refractivity contribution in [1.29, 1.82) is 0 Å². The first kappa shape index (κ1) is 50.9. The van der Waals surface area contributed by atoms with Gasteiger partial charge in [0.05, 0.1) is 11.2 Å². The van der Waals surface area contributed by atoms with Gasteiger partial charge in [0, 0.05) is 56.2 Å². The first-order chi connectivity index (χ1) is 38.9. The molecule has 0 radical (unpaired) electrons. The molecule has 16 rings (SSSR count). The maximum Gasteiger partial charge on any atom is 0.253 e.